The molecule has 0 spiro atoms. The Morgan fingerprint density at radius 2 is 2.17 bits per heavy atom. The fraction of sp³-hybridized carbons (Fsp3) is 0.583. The van der Waals surface area contributed by atoms with E-state index in [1.54, 1.807) is 6.92 Å². The number of unbranched alkanes of at least 4 members (excludes halogenated alkanes) is 1. The van der Waals surface area contributed by atoms with E-state index in [4.69, 9.17) is 5.11 Å². The third-order valence-corrected chi connectivity index (χ3v) is 3.47. The number of Topliss-reactive ketones (excluding diaryl/α,β-unsaturated/α-hetero) is 1. The number of carbonyl (C=O) groups excluding carboxylic acids is 1. The fourth-order valence-electron chi connectivity index (χ4n) is 1.60. The van der Waals surface area contributed by atoms with E-state index in [0.717, 1.165) is 17.7 Å². The third kappa shape index (κ3) is 3.80. The molecule has 1 aromatic heterocycles. The maximum absolute atomic E-state index is 11.3. The number of ketones is 1. The van der Waals surface area contributed by atoms with Gasteiger partial charge in [0, 0.05) is 11.8 Å². The van der Waals surface area contributed by atoms with Gasteiger partial charge in [0.25, 0.3) is 0 Å². The molecule has 18 heavy (non-hydrogen) atoms. The maximum atomic E-state index is 11.3. The minimum Gasteiger partial charge on any atom is -0.480 e. The van der Waals surface area contributed by atoms with Crippen LogP contribution in [0.2, 0.25) is 0 Å². The number of rotatable bonds is 7. The first-order chi connectivity index (χ1) is 8.45. The SMILES string of the molecule is CCCCC(Nc1nc(C(C)=O)c(C)s1)C(=O)O. The van der Waals surface area contributed by atoms with Crippen molar-refractivity contribution in [2.24, 2.45) is 0 Å². The molecule has 0 saturated carbocycles. The van der Waals surface area contributed by atoms with Gasteiger partial charge in [-0.2, -0.15) is 0 Å². The molecule has 0 aromatic carbocycles. The largest absolute Gasteiger partial charge is 0.480 e. The Hall–Kier alpha value is -1.43. The Morgan fingerprint density at radius 3 is 2.61 bits per heavy atom. The van der Waals surface area contributed by atoms with Crippen molar-refractivity contribution in [3.05, 3.63) is 10.6 Å². The monoisotopic (exact) mass is 270 g/mol. The highest BCUT2D eigenvalue weighted by Gasteiger charge is 2.19. The van der Waals surface area contributed by atoms with Gasteiger partial charge in [-0.25, -0.2) is 9.78 Å². The molecule has 1 aromatic rings. The minimum atomic E-state index is -0.888. The third-order valence-electron chi connectivity index (χ3n) is 2.57. The molecular formula is C12H18N2O3S. The summed E-state index contributed by atoms with van der Waals surface area (Å²) in [5.74, 6) is -0.988. The maximum Gasteiger partial charge on any atom is 0.326 e. The Bertz CT molecular complexity index is 443. The van der Waals surface area contributed by atoms with Crippen LogP contribution in [0.25, 0.3) is 0 Å². The van der Waals surface area contributed by atoms with Gasteiger partial charge in [-0.15, -0.1) is 11.3 Å². The van der Waals surface area contributed by atoms with Crippen LogP contribution in [0.15, 0.2) is 0 Å². The van der Waals surface area contributed by atoms with Crippen molar-refractivity contribution < 1.29 is 14.7 Å². The topological polar surface area (TPSA) is 79.3 Å². The van der Waals surface area contributed by atoms with Crippen molar-refractivity contribution >= 4 is 28.2 Å². The molecule has 0 saturated heterocycles. The first kappa shape index (κ1) is 14.6. The van der Waals surface area contributed by atoms with Gasteiger partial charge in [0.05, 0.1) is 0 Å². The number of hydrogen-bond donors (Lipinski definition) is 2. The molecule has 100 valence electrons. The second kappa shape index (κ2) is 6.49. The van der Waals surface area contributed by atoms with E-state index in [9.17, 15) is 9.59 Å². The van der Waals surface area contributed by atoms with E-state index in [1.165, 1.54) is 18.3 Å². The van der Waals surface area contributed by atoms with Crippen LogP contribution in [-0.4, -0.2) is 27.9 Å². The molecule has 0 amide bonds. The molecule has 1 heterocycles. The quantitative estimate of drug-likeness (QED) is 0.745. The van der Waals surface area contributed by atoms with Crippen molar-refractivity contribution in [2.45, 2.75) is 46.1 Å². The zero-order chi connectivity index (χ0) is 13.7. The molecule has 0 bridgehead atoms. The number of carboxylic acid groups (broad SMARTS) is 1. The van der Waals surface area contributed by atoms with Crippen LogP contribution < -0.4 is 5.32 Å². The van der Waals surface area contributed by atoms with Crippen LogP contribution in [0.5, 0.6) is 0 Å². The lowest BCUT2D eigenvalue weighted by Crippen LogP contribution is -2.29. The molecule has 0 aliphatic heterocycles. The predicted octanol–water partition coefficient (Wildman–Crippen LogP) is 2.71. The summed E-state index contributed by atoms with van der Waals surface area (Å²) in [5.41, 5.74) is 0.419. The second-order valence-corrected chi connectivity index (χ2v) is 5.36. The summed E-state index contributed by atoms with van der Waals surface area (Å²) in [5, 5.41) is 12.5. The van der Waals surface area contributed by atoms with Gasteiger partial charge < -0.3 is 10.4 Å². The Balaban J connectivity index is 2.77. The van der Waals surface area contributed by atoms with Gasteiger partial charge in [-0.1, -0.05) is 19.8 Å². The van der Waals surface area contributed by atoms with Gasteiger partial charge in [-0.05, 0) is 13.3 Å². The first-order valence-electron chi connectivity index (χ1n) is 5.93. The molecule has 0 aliphatic rings. The molecule has 1 atom stereocenters. The minimum absolute atomic E-state index is 0.0998. The number of aliphatic carboxylic acids is 1. The lowest BCUT2D eigenvalue weighted by Gasteiger charge is -2.12. The van der Waals surface area contributed by atoms with Crippen molar-refractivity contribution in [1.29, 1.82) is 0 Å². The number of nitrogens with zero attached hydrogens (tertiary/aromatic N) is 1. The molecule has 0 aliphatic carbocycles. The van der Waals surface area contributed by atoms with Gasteiger partial charge in [0.1, 0.15) is 11.7 Å². The average molecular weight is 270 g/mol. The summed E-state index contributed by atoms with van der Waals surface area (Å²) in [6.07, 6.45) is 2.34. The lowest BCUT2D eigenvalue weighted by molar-refractivity contribution is -0.138. The number of carboxylic acids is 1. The molecule has 6 heteroatoms. The molecule has 2 N–H and O–H groups in total. The highest BCUT2D eigenvalue weighted by Crippen LogP contribution is 2.23. The number of aromatic nitrogens is 1. The van der Waals surface area contributed by atoms with Gasteiger partial charge in [-0.3, -0.25) is 4.79 Å². The lowest BCUT2D eigenvalue weighted by atomic mass is 10.1. The number of aryl methyl sites for hydroxylation is 1. The number of anilines is 1. The summed E-state index contributed by atoms with van der Waals surface area (Å²) in [4.78, 5) is 27.3. The molecule has 1 unspecified atom stereocenters. The Morgan fingerprint density at radius 1 is 1.50 bits per heavy atom. The highest BCUT2D eigenvalue weighted by atomic mass is 32.1. The summed E-state index contributed by atoms with van der Waals surface area (Å²) < 4.78 is 0. The van der Waals surface area contributed by atoms with Crippen molar-refractivity contribution in [1.82, 2.24) is 4.98 Å². The van der Waals surface area contributed by atoms with Crippen LogP contribution >= 0.6 is 11.3 Å². The smallest absolute Gasteiger partial charge is 0.326 e. The normalized spacial score (nSPS) is 12.2. The number of hydrogen-bond acceptors (Lipinski definition) is 5. The highest BCUT2D eigenvalue weighted by molar-refractivity contribution is 7.15. The van der Waals surface area contributed by atoms with Crippen molar-refractivity contribution in [3.63, 3.8) is 0 Å². The molecule has 5 nitrogen and oxygen atoms in total. The number of thiazole rings is 1. The average Bonchev–Trinajstić information content (AvgIpc) is 2.65. The van der Waals surface area contributed by atoms with E-state index >= 15 is 0 Å². The van der Waals surface area contributed by atoms with Crippen LogP contribution in [0.3, 0.4) is 0 Å². The van der Waals surface area contributed by atoms with E-state index in [2.05, 4.69) is 10.3 Å². The summed E-state index contributed by atoms with van der Waals surface area (Å²) >= 11 is 1.32. The van der Waals surface area contributed by atoms with E-state index in [-0.39, 0.29) is 5.78 Å². The summed E-state index contributed by atoms with van der Waals surface area (Å²) in [6, 6.07) is -0.643. The van der Waals surface area contributed by atoms with E-state index in [0.29, 0.717) is 17.2 Å². The van der Waals surface area contributed by atoms with Crippen LogP contribution in [0.1, 0.15) is 48.5 Å². The van der Waals surface area contributed by atoms with E-state index in [1.807, 2.05) is 6.92 Å². The Kier molecular flexibility index (Phi) is 5.27. The zero-order valence-corrected chi connectivity index (χ0v) is 11.6. The summed E-state index contributed by atoms with van der Waals surface area (Å²) in [7, 11) is 0. The van der Waals surface area contributed by atoms with Gasteiger partial charge >= 0.3 is 5.97 Å². The van der Waals surface area contributed by atoms with Gasteiger partial charge in [0.15, 0.2) is 10.9 Å². The van der Waals surface area contributed by atoms with Crippen molar-refractivity contribution in [2.75, 3.05) is 5.32 Å². The predicted molar refractivity (Wildman–Crippen MR) is 71.4 cm³/mol. The van der Waals surface area contributed by atoms with E-state index < -0.39 is 12.0 Å². The van der Waals surface area contributed by atoms with Crippen molar-refractivity contribution in [3.8, 4) is 0 Å². The van der Waals surface area contributed by atoms with Crippen LogP contribution in [0, 0.1) is 6.92 Å². The molecule has 0 fully saturated rings. The molecule has 0 radical (unpaired) electrons. The standard InChI is InChI=1S/C12H18N2O3S/c1-4-5-6-9(11(16)17)13-12-14-10(7(2)15)8(3)18-12/h9H,4-6H2,1-3H3,(H,13,14)(H,16,17). The van der Waals surface area contributed by atoms with Gasteiger partial charge in [0.2, 0.25) is 0 Å². The van der Waals surface area contributed by atoms with Crippen LogP contribution in [0.4, 0.5) is 5.13 Å². The molecular weight excluding hydrogens is 252 g/mol. The van der Waals surface area contributed by atoms with Crippen LogP contribution in [-0.2, 0) is 4.79 Å². The number of carbonyl (C=O) groups is 2. The molecule has 1 rings (SSSR count). The first-order valence-corrected chi connectivity index (χ1v) is 6.75. The second-order valence-electron chi connectivity index (χ2n) is 4.16. The Labute approximate surface area is 110 Å². The number of nitrogens with one attached hydrogen (secondary N) is 1. The fourth-order valence-corrected chi connectivity index (χ4v) is 2.51. The zero-order valence-electron chi connectivity index (χ0n) is 10.8. The summed E-state index contributed by atoms with van der Waals surface area (Å²) in [6.45, 7) is 5.28.